The molecule has 0 atom stereocenters. The standard InChI is InChI=1S/C8H17NO/c1-7(2)3-4-8(10)5-6-9/h7H,3-6,9H2,1-2H3. The van der Waals surface area contributed by atoms with Crippen molar-refractivity contribution in [2.75, 3.05) is 6.54 Å². The minimum Gasteiger partial charge on any atom is -0.330 e. The number of rotatable bonds is 5. The summed E-state index contributed by atoms with van der Waals surface area (Å²) in [7, 11) is 0. The molecule has 60 valence electrons. The van der Waals surface area contributed by atoms with Gasteiger partial charge in [0.15, 0.2) is 0 Å². The van der Waals surface area contributed by atoms with Crippen molar-refractivity contribution < 1.29 is 4.79 Å². The second kappa shape index (κ2) is 5.42. The lowest BCUT2D eigenvalue weighted by Crippen LogP contribution is -2.08. The third-order valence-electron chi connectivity index (χ3n) is 1.42. The molecule has 2 heteroatoms. The third kappa shape index (κ3) is 5.76. The van der Waals surface area contributed by atoms with E-state index in [2.05, 4.69) is 13.8 Å². The van der Waals surface area contributed by atoms with E-state index in [-0.39, 0.29) is 0 Å². The van der Waals surface area contributed by atoms with E-state index in [9.17, 15) is 4.79 Å². The van der Waals surface area contributed by atoms with E-state index >= 15 is 0 Å². The van der Waals surface area contributed by atoms with E-state index in [4.69, 9.17) is 5.73 Å². The van der Waals surface area contributed by atoms with Gasteiger partial charge in [-0.05, 0) is 18.9 Å². The third-order valence-corrected chi connectivity index (χ3v) is 1.42. The molecule has 0 radical (unpaired) electrons. The van der Waals surface area contributed by atoms with Gasteiger partial charge < -0.3 is 5.73 Å². The van der Waals surface area contributed by atoms with Crippen LogP contribution >= 0.6 is 0 Å². The van der Waals surface area contributed by atoms with Gasteiger partial charge in [-0.3, -0.25) is 4.79 Å². The molecule has 0 rings (SSSR count). The Hall–Kier alpha value is -0.370. The maximum atomic E-state index is 10.9. The van der Waals surface area contributed by atoms with Gasteiger partial charge in [-0.25, -0.2) is 0 Å². The number of hydrogen-bond donors (Lipinski definition) is 1. The highest BCUT2D eigenvalue weighted by atomic mass is 16.1. The molecule has 2 nitrogen and oxygen atoms in total. The van der Waals surface area contributed by atoms with E-state index in [0.717, 1.165) is 6.42 Å². The van der Waals surface area contributed by atoms with Crippen LogP contribution in [0.25, 0.3) is 0 Å². The average Bonchev–Trinajstić information content (AvgIpc) is 1.85. The first-order valence-electron chi connectivity index (χ1n) is 3.88. The molecule has 0 spiro atoms. The summed E-state index contributed by atoms with van der Waals surface area (Å²) < 4.78 is 0. The molecule has 0 unspecified atom stereocenters. The van der Waals surface area contributed by atoms with Crippen LogP contribution < -0.4 is 5.73 Å². The first-order valence-corrected chi connectivity index (χ1v) is 3.88. The first-order chi connectivity index (χ1) is 4.66. The summed E-state index contributed by atoms with van der Waals surface area (Å²) in [5.74, 6) is 0.929. The largest absolute Gasteiger partial charge is 0.330 e. The molecule has 0 amide bonds. The Morgan fingerprint density at radius 1 is 1.40 bits per heavy atom. The molecule has 0 aromatic carbocycles. The summed E-state index contributed by atoms with van der Waals surface area (Å²) in [6.45, 7) is 4.74. The molecule has 10 heavy (non-hydrogen) atoms. The molecular weight excluding hydrogens is 126 g/mol. The van der Waals surface area contributed by atoms with Gasteiger partial charge in [0.25, 0.3) is 0 Å². The molecule has 0 aliphatic heterocycles. The topological polar surface area (TPSA) is 43.1 Å². The van der Waals surface area contributed by atoms with Crippen molar-refractivity contribution in [2.45, 2.75) is 33.1 Å². The molecule has 2 N–H and O–H groups in total. The van der Waals surface area contributed by atoms with Gasteiger partial charge >= 0.3 is 0 Å². The van der Waals surface area contributed by atoms with Crippen molar-refractivity contribution >= 4 is 5.78 Å². The number of ketones is 1. The molecule has 0 aromatic rings. The molecule has 0 saturated carbocycles. The van der Waals surface area contributed by atoms with Crippen LogP contribution in [0.1, 0.15) is 33.1 Å². The summed E-state index contributed by atoms with van der Waals surface area (Å²) in [5, 5.41) is 0. The van der Waals surface area contributed by atoms with Crippen LogP contribution in [0.3, 0.4) is 0 Å². The van der Waals surface area contributed by atoms with Gasteiger partial charge in [0.05, 0.1) is 0 Å². The maximum Gasteiger partial charge on any atom is 0.134 e. The minimum atomic E-state index is 0.302. The molecule has 0 aromatic heterocycles. The fraction of sp³-hybridized carbons (Fsp3) is 0.875. The summed E-state index contributed by atoms with van der Waals surface area (Å²) in [6.07, 6.45) is 2.25. The van der Waals surface area contributed by atoms with Crippen molar-refractivity contribution in [2.24, 2.45) is 11.7 Å². The highest BCUT2D eigenvalue weighted by Gasteiger charge is 2.01. The predicted molar refractivity (Wildman–Crippen MR) is 42.8 cm³/mol. The molecule has 0 aliphatic rings. The van der Waals surface area contributed by atoms with Crippen LogP contribution in [0, 0.1) is 5.92 Å². The van der Waals surface area contributed by atoms with Gasteiger partial charge in [-0.15, -0.1) is 0 Å². The molecule has 0 bridgehead atoms. The van der Waals surface area contributed by atoms with Crippen LogP contribution in [0.2, 0.25) is 0 Å². The SMILES string of the molecule is CC(C)CCC(=O)CCN. The zero-order valence-corrected chi connectivity index (χ0v) is 6.89. The first kappa shape index (κ1) is 9.63. The Morgan fingerprint density at radius 2 is 2.00 bits per heavy atom. The van der Waals surface area contributed by atoms with E-state index in [1.807, 2.05) is 0 Å². The van der Waals surface area contributed by atoms with Crippen molar-refractivity contribution in [1.29, 1.82) is 0 Å². The van der Waals surface area contributed by atoms with Gasteiger partial charge in [0.1, 0.15) is 5.78 Å². The highest BCUT2D eigenvalue weighted by Crippen LogP contribution is 2.04. The second-order valence-electron chi connectivity index (χ2n) is 3.01. The number of carbonyl (C=O) groups excluding carboxylic acids is 1. The van der Waals surface area contributed by atoms with Crippen molar-refractivity contribution in [3.8, 4) is 0 Å². The van der Waals surface area contributed by atoms with E-state index in [1.165, 1.54) is 0 Å². The van der Waals surface area contributed by atoms with Crippen LogP contribution in [0.5, 0.6) is 0 Å². The van der Waals surface area contributed by atoms with E-state index in [0.29, 0.717) is 31.1 Å². The number of nitrogens with two attached hydrogens (primary N) is 1. The molecule has 0 aliphatic carbocycles. The van der Waals surface area contributed by atoms with Gasteiger partial charge in [0.2, 0.25) is 0 Å². The van der Waals surface area contributed by atoms with Gasteiger partial charge in [-0.1, -0.05) is 13.8 Å². The minimum absolute atomic E-state index is 0.302. The average molecular weight is 143 g/mol. The van der Waals surface area contributed by atoms with E-state index in [1.54, 1.807) is 0 Å². The summed E-state index contributed by atoms with van der Waals surface area (Å²) in [4.78, 5) is 10.9. The Balaban J connectivity index is 3.22. The van der Waals surface area contributed by atoms with Crippen LogP contribution in [-0.2, 0) is 4.79 Å². The zero-order valence-electron chi connectivity index (χ0n) is 6.89. The Kier molecular flexibility index (Phi) is 5.22. The predicted octanol–water partition coefficient (Wildman–Crippen LogP) is 1.34. The zero-order chi connectivity index (χ0) is 7.98. The lowest BCUT2D eigenvalue weighted by atomic mass is 10.0. The number of hydrogen-bond acceptors (Lipinski definition) is 2. The highest BCUT2D eigenvalue weighted by molar-refractivity contribution is 5.78. The van der Waals surface area contributed by atoms with Crippen LogP contribution in [-0.4, -0.2) is 12.3 Å². The Bertz CT molecular complexity index is 99.4. The Labute approximate surface area is 62.8 Å². The quantitative estimate of drug-likeness (QED) is 0.631. The summed E-state index contributed by atoms with van der Waals surface area (Å²) >= 11 is 0. The maximum absolute atomic E-state index is 10.9. The summed E-state index contributed by atoms with van der Waals surface area (Å²) in [5.41, 5.74) is 5.21. The van der Waals surface area contributed by atoms with Crippen molar-refractivity contribution in [3.63, 3.8) is 0 Å². The normalized spacial score (nSPS) is 10.4. The fourth-order valence-corrected chi connectivity index (χ4v) is 0.736. The van der Waals surface area contributed by atoms with E-state index < -0.39 is 0 Å². The van der Waals surface area contributed by atoms with Crippen LogP contribution in [0.4, 0.5) is 0 Å². The van der Waals surface area contributed by atoms with Crippen molar-refractivity contribution in [1.82, 2.24) is 0 Å². The molecular formula is C8H17NO. The smallest absolute Gasteiger partial charge is 0.134 e. The molecule has 0 heterocycles. The Morgan fingerprint density at radius 3 is 2.40 bits per heavy atom. The van der Waals surface area contributed by atoms with Gasteiger partial charge in [-0.2, -0.15) is 0 Å². The van der Waals surface area contributed by atoms with Gasteiger partial charge in [0, 0.05) is 12.8 Å². The number of carbonyl (C=O) groups is 1. The van der Waals surface area contributed by atoms with Crippen LogP contribution in [0.15, 0.2) is 0 Å². The summed E-state index contributed by atoms with van der Waals surface area (Å²) in [6, 6.07) is 0. The van der Waals surface area contributed by atoms with Crippen molar-refractivity contribution in [3.05, 3.63) is 0 Å². The molecule has 0 fully saturated rings. The second-order valence-corrected chi connectivity index (χ2v) is 3.01. The monoisotopic (exact) mass is 143 g/mol. The molecule has 0 saturated heterocycles. The lowest BCUT2D eigenvalue weighted by molar-refractivity contribution is -0.119. The fourth-order valence-electron chi connectivity index (χ4n) is 0.736. The lowest BCUT2D eigenvalue weighted by Gasteiger charge is -2.01. The number of Topliss-reactive ketones (excluding diaryl/α,β-unsaturated/α-hetero) is 1.